The first kappa shape index (κ1) is 16.3. The quantitative estimate of drug-likeness (QED) is 0.918. The van der Waals surface area contributed by atoms with E-state index in [2.05, 4.69) is 15.5 Å². The molecule has 2 aromatic rings. The van der Waals surface area contributed by atoms with Gasteiger partial charge < -0.3 is 5.32 Å². The number of aryl methyl sites for hydroxylation is 2. The molecule has 0 saturated carbocycles. The van der Waals surface area contributed by atoms with Crippen molar-refractivity contribution in [1.82, 2.24) is 19.6 Å². The number of nitrogens with zero attached hydrogens (tertiary/aromatic N) is 5. The van der Waals surface area contributed by atoms with Gasteiger partial charge in [-0.15, -0.1) is 0 Å². The highest BCUT2D eigenvalue weighted by Gasteiger charge is 2.34. The van der Waals surface area contributed by atoms with Gasteiger partial charge in [0.1, 0.15) is 18.4 Å². The highest BCUT2D eigenvalue weighted by Crippen LogP contribution is 2.24. The van der Waals surface area contributed by atoms with Crippen LogP contribution >= 0.6 is 0 Å². The number of hydrogen-bond donors (Lipinski definition) is 1. The molecule has 1 aliphatic rings. The normalized spacial score (nSPS) is 18.5. The third kappa shape index (κ3) is 3.36. The van der Waals surface area contributed by atoms with Crippen LogP contribution in [0.2, 0.25) is 0 Å². The molecule has 2 aromatic heterocycles. The van der Waals surface area contributed by atoms with Gasteiger partial charge in [-0.3, -0.25) is 19.1 Å². The largest absolute Gasteiger partial charge is 0.408 e. The van der Waals surface area contributed by atoms with E-state index in [1.54, 1.807) is 16.6 Å². The minimum atomic E-state index is -4.33. The van der Waals surface area contributed by atoms with Crippen molar-refractivity contribution >= 4 is 17.4 Å². The van der Waals surface area contributed by atoms with Crippen LogP contribution in [0, 0.1) is 6.92 Å². The molecule has 1 amide bonds. The van der Waals surface area contributed by atoms with Crippen LogP contribution in [0.15, 0.2) is 18.5 Å². The summed E-state index contributed by atoms with van der Waals surface area (Å²) in [5, 5.41) is 10.8. The van der Waals surface area contributed by atoms with E-state index in [-0.39, 0.29) is 5.91 Å². The fourth-order valence-electron chi connectivity index (χ4n) is 2.80. The van der Waals surface area contributed by atoms with Gasteiger partial charge in [0.25, 0.3) is 5.91 Å². The Bertz CT molecular complexity index is 750. The number of rotatable bonds is 4. The fourth-order valence-corrected chi connectivity index (χ4v) is 2.80. The molecule has 0 aromatic carbocycles. The van der Waals surface area contributed by atoms with Crippen molar-refractivity contribution in [2.75, 3.05) is 16.8 Å². The monoisotopic (exact) mass is 342 g/mol. The maximum atomic E-state index is 12.5. The van der Waals surface area contributed by atoms with Crippen LogP contribution < -0.4 is 10.2 Å². The number of alkyl halides is 3. The molecule has 0 radical (unpaired) electrons. The van der Waals surface area contributed by atoms with Crippen molar-refractivity contribution in [3.8, 4) is 0 Å². The number of carbonyl (C=O) groups is 1. The first-order valence-electron chi connectivity index (χ1n) is 7.41. The van der Waals surface area contributed by atoms with Crippen LogP contribution in [0.3, 0.4) is 0 Å². The standard InChI is InChI=1S/C14H17F3N6O/c1-9-5-12(21(2)20-9)23-4-3-11(13(23)24)19-10-6-18-22(7-10)8-14(15,16)17/h5-7,11,19H,3-4,8H2,1-2H3/t11-/m0/s1. The van der Waals surface area contributed by atoms with Gasteiger partial charge in [-0.05, 0) is 13.3 Å². The lowest BCUT2D eigenvalue weighted by Crippen LogP contribution is -2.34. The molecule has 130 valence electrons. The third-order valence-corrected chi connectivity index (χ3v) is 3.77. The molecule has 10 heteroatoms. The lowest BCUT2D eigenvalue weighted by atomic mass is 10.2. The van der Waals surface area contributed by atoms with E-state index in [1.165, 1.54) is 12.4 Å². The highest BCUT2D eigenvalue weighted by atomic mass is 19.4. The third-order valence-electron chi connectivity index (χ3n) is 3.77. The summed E-state index contributed by atoms with van der Waals surface area (Å²) < 4.78 is 39.5. The summed E-state index contributed by atoms with van der Waals surface area (Å²) in [5.41, 5.74) is 1.20. The Labute approximate surface area is 136 Å². The van der Waals surface area contributed by atoms with Gasteiger partial charge in [0.15, 0.2) is 0 Å². The minimum absolute atomic E-state index is 0.137. The summed E-state index contributed by atoms with van der Waals surface area (Å²) >= 11 is 0. The molecular formula is C14H17F3N6O. The van der Waals surface area contributed by atoms with Crippen molar-refractivity contribution in [3.63, 3.8) is 0 Å². The number of anilines is 2. The number of hydrogen-bond acceptors (Lipinski definition) is 4. The van der Waals surface area contributed by atoms with Gasteiger partial charge in [0, 0.05) is 25.9 Å². The van der Waals surface area contributed by atoms with E-state index >= 15 is 0 Å². The van der Waals surface area contributed by atoms with Crippen molar-refractivity contribution in [3.05, 3.63) is 24.2 Å². The SMILES string of the molecule is Cc1cc(N2CC[C@H](Nc3cnn(CC(F)(F)F)c3)C2=O)n(C)n1. The van der Waals surface area contributed by atoms with E-state index in [9.17, 15) is 18.0 Å². The smallest absolute Gasteiger partial charge is 0.371 e. The summed E-state index contributed by atoms with van der Waals surface area (Å²) in [6, 6.07) is 1.32. The molecule has 0 spiro atoms. The molecule has 1 atom stereocenters. The molecule has 1 saturated heterocycles. The molecule has 1 fully saturated rings. The van der Waals surface area contributed by atoms with E-state index in [0.29, 0.717) is 24.5 Å². The summed E-state index contributed by atoms with van der Waals surface area (Å²) in [6.45, 7) is 1.20. The summed E-state index contributed by atoms with van der Waals surface area (Å²) in [5.74, 6) is 0.566. The number of carbonyl (C=O) groups excluding carboxylic acids is 1. The number of aromatic nitrogens is 4. The van der Waals surface area contributed by atoms with Crippen LogP contribution in [0.5, 0.6) is 0 Å². The predicted molar refractivity (Wildman–Crippen MR) is 80.6 cm³/mol. The molecule has 1 N–H and O–H groups in total. The fraction of sp³-hybridized carbons (Fsp3) is 0.500. The van der Waals surface area contributed by atoms with E-state index in [4.69, 9.17) is 0 Å². The summed E-state index contributed by atoms with van der Waals surface area (Å²) in [6.07, 6.45) is -1.25. The van der Waals surface area contributed by atoms with Crippen LogP contribution in [-0.4, -0.2) is 44.2 Å². The minimum Gasteiger partial charge on any atom is -0.371 e. The first-order valence-corrected chi connectivity index (χ1v) is 7.41. The molecule has 3 rings (SSSR count). The molecule has 7 nitrogen and oxygen atoms in total. The molecule has 0 aliphatic carbocycles. The maximum Gasteiger partial charge on any atom is 0.408 e. The molecule has 1 aliphatic heterocycles. The number of amides is 1. The van der Waals surface area contributed by atoms with E-state index in [0.717, 1.165) is 10.4 Å². The van der Waals surface area contributed by atoms with Crippen LogP contribution in [0.25, 0.3) is 0 Å². The van der Waals surface area contributed by atoms with Crippen molar-refractivity contribution in [2.24, 2.45) is 7.05 Å². The van der Waals surface area contributed by atoms with Crippen molar-refractivity contribution in [1.29, 1.82) is 0 Å². The summed E-state index contributed by atoms with van der Waals surface area (Å²) in [7, 11) is 1.76. The molecule has 0 bridgehead atoms. The Balaban J connectivity index is 1.67. The van der Waals surface area contributed by atoms with Gasteiger partial charge in [-0.2, -0.15) is 23.4 Å². The summed E-state index contributed by atoms with van der Waals surface area (Å²) in [4.78, 5) is 14.1. The zero-order chi connectivity index (χ0) is 17.5. The Hall–Kier alpha value is -2.52. The second kappa shape index (κ2) is 5.84. The van der Waals surface area contributed by atoms with Crippen LogP contribution in [0.1, 0.15) is 12.1 Å². The predicted octanol–water partition coefficient (Wildman–Crippen LogP) is 1.70. The first-order chi connectivity index (χ1) is 11.2. The van der Waals surface area contributed by atoms with Gasteiger partial charge in [-0.1, -0.05) is 0 Å². The molecule has 3 heterocycles. The topological polar surface area (TPSA) is 68.0 Å². The Morgan fingerprint density at radius 1 is 1.42 bits per heavy atom. The maximum absolute atomic E-state index is 12.5. The van der Waals surface area contributed by atoms with E-state index < -0.39 is 18.8 Å². The second-order valence-electron chi connectivity index (χ2n) is 5.78. The zero-order valence-electron chi connectivity index (χ0n) is 13.2. The Morgan fingerprint density at radius 3 is 2.79 bits per heavy atom. The zero-order valence-corrected chi connectivity index (χ0v) is 13.2. The number of halogens is 3. The van der Waals surface area contributed by atoms with Crippen molar-refractivity contribution < 1.29 is 18.0 Å². The Kier molecular flexibility index (Phi) is 3.98. The van der Waals surface area contributed by atoms with Gasteiger partial charge in [-0.25, -0.2) is 0 Å². The number of nitrogens with one attached hydrogen (secondary N) is 1. The van der Waals surface area contributed by atoms with Gasteiger partial charge in [0.05, 0.1) is 17.6 Å². The van der Waals surface area contributed by atoms with Crippen LogP contribution in [0.4, 0.5) is 24.7 Å². The Morgan fingerprint density at radius 2 is 2.17 bits per heavy atom. The van der Waals surface area contributed by atoms with Crippen molar-refractivity contribution in [2.45, 2.75) is 32.1 Å². The highest BCUT2D eigenvalue weighted by molar-refractivity contribution is 6.00. The van der Waals surface area contributed by atoms with Gasteiger partial charge in [0.2, 0.25) is 0 Å². The molecule has 0 unspecified atom stereocenters. The lowest BCUT2D eigenvalue weighted by Gasteiger charge is -2.16. The molecule has 24 heavy (non-hydrogen) atoms. The van der Waals surface area contributed by atoms with Gasteiger partial charge >= 0.3 is 6.18 Å². The lowest BCUT2D eigenvalue weighted by molar-refractivity contribution is -0.142. The molecular weight excluding hydrogens is 325 g/mol. The average molecular weight is 342 g/mol. The average Bonchev–Trinajstić information content (AvgIpc) is 3.11. The van der Waals surface area contributed by atoms with E-state index in [1.807, 2.05) is 13.0 Å². The second-order valence-corrected chi connectivity index (χ2v) is 5.78. The van der Waals surface area contributed by atoms with Crippen LogP contribution in [-0.2, 0) is 18.4 Å².